The first kappa shape index (κ1) is 13.5. The maximum Gasteiger partial charge on any atom is 0.148 e. The molecule has 2 aliphatic heterocycles. The summed E-state index contributed by atoms with van der Waals surface area (Å²) >= 11 is 0. The number of piperazine rings is 1. The van der Waals surface area contributed by atoms with E-state index in [1.54, 1.807) is 20.8 Å². The van der Waals surface area contributed by atoms with Gasteiger partial charge in [0.1, 0.15) is 11.6 Å². The molecule has 0 aromatic heterocycles. The number of aliphatic hydroxyl groups is 2. The summed E-state index contributed by atoms with van der Waals surface area (Å²) in [6.45, 7) is 8.07. The third kappa shape index (κ3) is 2.74. The van der Waals surface area contributed by atoms with Crippen LogP contribution in [0.15, 0.2) is 17.1 Å². The second-order valence-electron chi connectivity index (χ2n) is 5.86. The van der Waals surface area contributed by atoms with Gasteiger partial charge in [0, 0.05) is 25.6 Å². The lowest BCUT2D eigenvalue weighted by Crippen LogP contribution is -2.61. The number of nitrogens with one attached hydrogen (secondary N) is 1. The Morgan fingerprint density at radius 1 is 1.56 bits per heavy atom. The molecule has 0 saturated carbocycles. The zero-order valence-corrected chi connectivity index (χ0v) is 11.3. The van der Waals surface area contributed by atoms with E-state index in [0.717, 1.165) is 18.9 Å². The smallest absolute Gasteiger partial charge is 0.148 e. The Morgan fingerprint density at radius 2 is 2.28 bits per heavy atom. The lowest BCUT2D eigenvalue weighted by Gasteiger charge is -2.43. The average Bonchev–Trinajstić information content (AvgIpc) is 2.27. The lowest BCUT2D eigenvalue weighted by atomic mass is 9.89. The molecule has 2 atom stereocenters. The number of amidine groups is 1. The number of rotatable bonds is 1. The minimum absolute atomic E-state index is 0.0362. The monoisotopic (exact) mass is 253 g/mol. The molecule has 3 N–H and O–H groups in total. The van der Waals surface area contributed by atoms with Gasteiger partial charge in [0.25, 0.3) is 0 Å². The van der Waals surface area contributed by atoms with E-state index < -0.39 is 11.3 Å². The average molecular weight is 253 g/mol. The van der Waals surface area contributed by atoms with E-state index in [4.69, 9.17) is 0 Å². The number of hydrogen-bond acceptors (Lipinski definition) is 5. The van der Waals surface area contributed by atoms with Crippen LogP contribution < -0.4 is 5.32 Å². The molecule has 5 heteroatoms. The molecule has 102 valence electrons. The first-order chi connectivity index (χ1) is 8.31. The number of nitrogens with zero attached hydrogens (tertiary/aromatic N) is 2. The third-order valence-corrected chi connectivity index (χ3v) is 3.67. The molecular formula is C13H23N3O2. The van der Waals surface area contributed by atoms with Crippen LogP contribution in [0.3, 0.4) is 0 Å². The van der Waals surface area contributed by atoms with Crippen LogP contribution in [0.1, 0.15) is 20.8 Å². The molecule has 18 heavy (non-hydrogen) atoms. The van der Waals surface area contributed by atoms with Crippen molar-refractivity contribution in [2.24, 2.45) is 10.9 Å². The summed E-state index contributed by atoms with van der Waals surface area (Å²) in [6, 6.07) is 0. The Hall–Kier alpha value is -0.910. The first-order valence-electron chi connectivity index (χ1n) is 6.46. The van der Waals surface area contributed by atoms with Gasteiger partial charge in [-0.15, -0.1) is 0 Å². The molecule has 0 spiro atoms. The van der Waals surface area contributed by atoms with Crippen molar-refractivity contribution in [3.8, 4) is 0 Å². The summed E-state index contributed by atoms with van der Waals surface area (Å²) in [4.78, 5) is 6.42. The first-order valence-corrected chi connectivity index (χ1v) is 6.46. The predicted molar refractivity (Wildman–Crippen MR) is 71.4 cm³/mol. The number of β-amino-alcohol motifs (C(OH)–C–C–N with tert-alkyl or cyclic N) is 1. The quantitative estimate of drug-likeness (QED) is 0.613. The molecule has 0 aliphatic carbocycles. The molecule has 0 amide bonds. The van der Waals surface area contributed by atoms with Crippen LogP contribution in [0.4, 0.5) is 0 Å². The van der Waals surface area contributed by atoms with Crippen molar-refractivity contribution in [3.05, 3.63) is 12.2 Å². The van der Waals surface area contributed by atoms with Crippen LogP contribution >= 0.6 is 0 Å². The molecule has 5 nitrogen and oxygen atoms in total. The van der Waals surface area contributed by atoms with Gasteiger partial charge in [-0.25, -0.2) is 0 Å². The Balaban J connectivity index is 2.08. The fourth-order valence-corrected chi connectivity index (χ4v) is 2.36. The SMILES string of the molecule is CC(C)(O)C1C=CC(N2CCNCC2(C)O)=NC1. The minimum atomic E-state index is -0.900. The normalized spacial score (nSPS) is 33.5. The Kier molecular flexibility index (Phi) is 3.49. The maximum absolute atomic E-state index is 10.3. The molecular weight excluding hydrogens is 230 g/mol. The summed E-state index contributed by atoms with van der Waals surface area (Å²) < 4.78 is 0. The van der Waals surface area contributed by atoms with Gasteiger partial charge in [-0.3, -0.25) is 4.99 Å². The van der Waals surface area contributed by atoms with Crippen LogP contribution in [0, 0.1) is 5.92 Å². The zero-order valence-electron chi connectivity index (χ0n) is 11.3. The highest BCUT2D eigenvalue weighted by atomic mass is 16.3. The van der Waals surface area contributed by atoms with Gasteiger partial charge in [-0.1, -0.05) is 6.08 Å². The Bertz CT molecular complexity index is 369. The lowest BCUT2D eigenvalue weighted by molar-refractivity contribution is -0.0654. The molecule has 2 rings (SSSR count). The number of aliphatic imine (C=N–C) groups is 1. The van der Waals surface area contributed by atoms with Gasteiger partial charge < -0.3 is 20.4 Å². The van der Waals surface area contributed by atoms with E-state index in [-0.39, 0.29) is 5.92 Å². The van der Waals surface area contributed by atoms with Crippen molar-refractivity contribution in [1.82, 2.24) is 10.2 Å². The molecule has 2 aliphatic rings. The summed E-state index contributed by atoms with van der Waals surface area (Å²) in [5, 5.41) is 23.4. The molecule has 2 unspecified atom stereocenters. The third-order valence-electron chi connectivity index (χ3n) is 3.67. The van der Waals surface area contributed by atoms with Gasteiger partial charge in [-0.2, -0.15) is 0 Å². The molecule has 2 heterocycles. The van der Waals surface area contributed by atoms with Crippen molar-refractivity contribution in [3.63, 3.8) is 0 Å². The van der Waals surface area contributed by atoms with Crippen LogP contribution in [-0.4, -0.2) is 58.5 Å². The van der Waals surface area contributed by atoms with E-state index >= 15 is 0 Å². The summed E-state index contributed by atoms with van der Waals surface area (Å²) in [5.41, 5.74) is -1.65. The number of dihydropyridines is 1. The molecule has 0 radical (unpaired) electrons. The van der Waals surface area contributed by atoms with E-state index in [2.05, 4.69) is 10.3 Å². The Labute approximate surface area is 108 Å². The minimum Gasteiger partial charge on any atom is -0.390 e. The highest BCUT2D eigenvalue weighted by Crippen LogP contribution is 2.23. The molecule has 0 aromatic carbocycles. The van der Waals surface area contributed by atoms with Gasteiger partial charge in [0.15, 0.2) is 0 Å². The summed E-state index contributed by atoms with van der Waals surface area (Å²) in [7, 11) is 0. The molecule has 0 bridgehead atoms. The van der Waals surface area contributed by atoms with Crippen LogP contribution in [0.5, 0.6) is 0 Å². The van der Waals surface area contributed by atoms with E-state index in [0.29, 0.717) is 13.1 Å². The second kappa shape index (κ2) is 4.64. The van der Waals surface area contributed by atoms with Crippen molar-refractivity contribution in [2.45, 2.75) is 32.1 Å². The van der Waals surface area contributed by atoms with Crippen LogP contribution in [-0.2, 0) is 0 Å². The van der Waals surface area contributed by atoms with Gasteiger partial charge >= 0.3 is 0 Å². The van der Waals surface area contributed by atoms with Crippen molar-refractivity contribution >= 4 is 5.84 Å². The maximum atomic E-state index is 10.3. The highest BCUT2D eigenvalue weighted by molar-refractivity contribution is 5.94. The topological polar surface area (TPSA) is 68.1 Å². The fraction of sp³-hybridized carbons (Fsp3) is 0.769. The summed E-state index contributed by atoms with van der Waals surface area (Å²) in [5.74, 6) is 0.844. The zero-order chi connectivity index (χ0) is 13.4. The van der Waals surface area contributed by atoms with Crippen molar-refractivity contribution in [1.29, 1.82) is 0 Å². The van der Waals surface area contributed by atoms with Crippen molar-refractivity contribution in [2.75, 3.05) is 26.2 Å². The Morgan fingerprint density at radius 3 is 2.78 bits per heavy atom. The van der Waals surface area contributed by atoms with Gasteiger partial charge in [0.2, 0.25) is 0 Å². The highest BCUT2D eigenvalue weighted by Gasteiger charge is 2.35. The van der Waals surface area contributed by atoms with E-state index in [1.165, 1.54) is 0 Å². The fourth-order valence-electron chi connectivity index (χ4n) is 2.36. The van der Waals surface area contributed by atoms with Crippen LogP contribution in [0.25, 0.3) is 0 Å². The second-order valence-corrected chi connectivity index (χ2v) is 5.86. The summed E-state index contributed by atoms with van der Waals surface area (Å²) in [6.07, 6.45) is 3.90. The van der Waals surface area contributed by atoms with Gasteiger partial charge in [-0.05, 0) is 26.8 Å². The molecule has 1 saturated heterocycles. The van der Waals surface area contributed by atoms with Crippen LogP contribution in [0.2, 0.25) is 0 Å². The molecule has 0 aromatic rings. The predicted octanol–water partition coefficient (Wildman–Crippen LogP) is -0.0445. The van der Waals surface area contributed by atoms with Gasteiger partial charge in [0.05, 0.1) is 12.1 Å². The van der Waals surface area contributed by atoms with E-state index in [1.807, 2.05) is 17.1 Å². The molecule has 1 fully saturated rings. The standard InChI is InChI=1S/C13H23N3O2/c1-12(2,17)10-4-5-11(15-8-10)16-7-6-14-9-13(16,3)18/h4-5,10,14,17-18H,6-9H2,1-3H3. The van der Waals surface area contributed by atoms with E-state index in [9.17, 15) is 10.2 Å². The largest absolute Gasteiger partial charge is 0.390 e. The van der Waals surface area contributed by atoms with Crippen molar-refractivity contribution < 1.29 is 10.2 Å². The number of hydrogen-bond donors (Lipinski definition) is 3.